The fourth-order valence-electron chi connectivity index (χ4n) is 2.40. The molecule has 1 aliphatic rings. The fraction of sp³-hybridized carbons (Fsp3) is 0.250. The average molecular weight is 240 g/mol. The number of benzene rings is 2. The summed E-state index contributed by atoms with van der Waals surface area (Å²) in [5.41, 5.74) is 3.44. The Labute approximate surface area is 107 Å². The van der Waals surface area contributed by atoms with Gasteiger partial charge in [-0.05, 0) is 41.7 Å². The first kappa shape index (κ1) is 11.3. The molecule has 0 aromatic heterocycles. The summed E-state index contributed by atoms with van der Waals surface area (Å²) in [6.07, 6.45) is 1.49. The number of ether oxygens (including phenoxy) is 1. The van der Waals surface area contributed by atoms with Crippen molar-refractivity contribution in [3.8, 4) is 5.75 Å². The van der Waals surface area contributed by atoms with Crippen molar-refractivity contribution in [2.75, 3.05) is 0 Å². The van der Waals surface area contributed by atoms with Crippen LogP contribution in [0.15, 0.2) is 48.5 Å². The van der Waals surface area contributed by atoms with E-state index in [9.17, 15) is 5.11 Å². The van der Waals surface area contributed by atoms with Crippen LogP contribution in [-0.4, -0.2) is 5.11 Å². The normalized spacial score (nSPS) is 17.5. The van der Waals surface area contributed by atoms with Crippen LogP contribution < -0.4 is 4.74 Å². The quantitative estimate of drug-likeness (QED) is 0.892. The van der Waals surface area contributed by atoms with Crippen LogP contribution in [0, 0.1) is 0 Å². The monoisotopic (exact) mass is 240 g/mol. The van der Waals surface area contributed by atoms with E-state index in [1.807, 2.05) is 30.3 Å². The second kappa shape index (κ2) is 4.83. The molecule has 3 rings (SSSR count). The van der Waals surface area contributed by atoms with E-state index < -0.39 is 0 Å². The number of fused-ring (bicyclic) bond motifs is 1. The van der Waals surface area contributed by atoms with Gasteiger partial charge in [-0.15, -0.1) is 0 Å². The highest BCUT2D eigenvalue weighted by Gasteiger charge is 2.20. The Hall–Kier alpha value is -1.80. The molecular formula is C16H16O2. The summed E-state index contributed by atoms with van der Waals surface area (Å²) in [6.45, 7) is 0.585. The molecule has 0 amide bonds. The second-order valence-electron chi connectivity index (χ2n) is 4.69. The minimum absolute atomic E-state index is 0.289. The minimum atomic E-state index is -0.289. The fourth-order valence-corrected chi connectivity index (χ4v) is 2.40. The van der Waals surface area contributed by atoms with Gasteiger partial charge in [0.05, 0.1) is 6.10 Å². The summed E-state index contributed by atoms with van der Waals surface area (Å²) in [5, 5.41) is 9.74. The van der Waals surface area contributed by atoms with Crippen molar-refractivity contribution in [3.05, 3.63) is 65.2 Å². The van der Waals surface area contributed by atoms with Gasteiger partial charge in [0.2, 0.25) is 0 Å². The van der Waals surface area contributed by atoms with Gasteiger partial charge in [-0.1, -0.05) is 36.4 Å². The minimum Gasteiger partial charge on any atom is -0.489 e. The van der Waals surface area contributed by atoms with Gasteiger partial charge < -0.3 is 9.84 Å². The van der Waals surface area contributed by atoms with E-state index in [1.54, 1.807) is 0 Å². The maximum absolute atomic E-state index is 9.74. The molecule has 0 saturated carbocycles. The lowest BCUT2D eigenvalue weighted by atomic mass is 10.1. The van der Waals surface area contributed by atoms with Crippen molar-refractivity contribution in [1.82, 2.24) is 0 Å². The second-order valence-corrected chi connectivity index (χ2v) is 4.69. The Balaban J connectivity index is 1.71. The molecule has 2 aromatic carbocycles. The van der Waals surface area contributed by atoms with E-state index in [0.29, 0.717) is 6.61 Å². The van der Waals surface area contributed by atoms with E-state index in [4.69, 9.17) is 4.74 Å². The van der Waals surface area contributed by atoms with Crippen LogP contribution in [-0.2, 0) is 13.0 Å². The number of hydrogen-bond acceptors (Lipinski definition) is 2. The molecule has 92 valence electrons. The number of rotatable bonds is 3. The third-order valence-corrected chi connectivity index (χ3v) is 3.41. The standard InChI is InChI=1S/C16H16O2/c17-16-9-6-13-10-14(7-8-15(13)16)18-11-12-4-2-1-3-5-12/h1-5,7-8,10,16-17H,6,9,11H2/t16-/m0/s1. The molecule has 0 radical (unpaired) electrons. The predicted molar refractivity (Wildman–Crippen MR) is 70.5 cm³/mol. The molecule has 0 fully saturated rings. The molecule has 1 aliphatic carbocycles. The maximum atomic E-state index is 9.74. The van der Waals surface area contributed by atoms with Crippen molar-refractivity contribution < 1.29 is 9.84 Å². The predicted octanol–water partition coefficient (Wildman–Crippen LogP) is 3.25. The summed E-state index contributed by atoms with van der Waals surface area (Å²) in [6, 6.07) is 16.1. The van der Waals surface area contributed by atoms with Crippen LogP contribution >= 0.6 is 0 Å². The van der Waals surface area contributed by atoms with E-state index in [1.165, 1.54) is 5.56 Å². The molecule has 18 heavy (non-hydrogen) atoms. The summed E-state index contributed by atoms with van der Waals surface area (Å²) in [4.78, 5) is 0. The average Bonchev–Trinajstić information content (AvgIpc) is 2.79. The van der Waals surface area contributed by atoms with Crippen molar-refractivity contribution in [2.45, 2.75) is 25.6 Å². The zero-order valence-corrected chi connectivity index (χ0v) is 10.2. The van der Waals surface area contributed by atoms with Gasteiger partial charge in [0.1, 0.15) is 12.4 Å². The number of hydrogen-bond donors (Lipinski definition) is 1. The highest BCUT2D eigenvalue weighted by atomic mass is 16.5. The Morgan fingerprint density at radius 1 is 1.11 bits per heavy atom. The van der Waals surface area contributed by atoms with Gasteiger partial charge in [-0.25, -0.2) is 0 Å². The lowest BCUT2D eigenvalue weighted by molar-refractivity contribution is 0.180. The Bertz CT molecular complexity index is 534. The van der Waals surface area contributed by atoms with E-state index in [-0.39, 0.29) is 6.10 Å². The lowest BCUT2D eigenvalue weighted by Crippen LogP contribution is -1.96. The highest BCUT2D eigenvalue weighted by Crippen LogP contribution is 2.33. The van der Waals surface area contributed by atoms with Gasteiger partial charge >= 0.3 is 0 Å². The first-order chi connectivity index (χ1) is 8.83. The van der Waals surface area contributed by atoms with Gasteiger partial charge in [0.25, 0.3) is 0 Å². The largest absolute Gasteiger partial charge is 0.489 e. The molecule has 1 atom stereocenters. The van der Waals surface area contributed by atoms with Crippen LogP contribution in [0.5, 0.6) is 5.75 Å². The molecular weight excluding hydrogens is 224 g/mol. The van der Waals surface area contributed by atoms with Gasteiger partial charge in [0, 0.05) is 0 Å². The lowest BCUT2D eigenvalue weighted by Gasteiger charge is -2.09. The van der Waals surface area contributed by atoms with Crippen molar-refractivity contribution in [3.63, 3.8) is 0 Å². The third kappa shape index (κ3) is 2.24. The van der Waals surface area contributed by atoms with Crippen LogP contribution in [0.25, 0.3) is 0 Å². The molecule has 0 bridgehead atoms. The maximum Gasteiger partial charge on any atom is 0.120 e. The van der Waals surface area contributed by atoms with Gasteiger partial charge in [0.15, 0.2) is 0 Å². The molecule has 2 aromatic rings. The summed E-state index contributed by atoms with van der Waals surface area (Å²) in [5.74, 6) is 0.881. The SMILES string of the molecule is O[C@H]1CCc2cc(OCc3ccccc3)ccc21. The van der Waals surface area contributed by atoms with E-state index in [0.717, 1.165) is 29.7 Å². The molecule has 2 heteroatoms. The van der Waals surface area contributed by atoms with Crippen molar-refractivity contribution >= 4 is 0 Å². The van der Waals surface area contributed by atoms with E-state index >= 15 is 0 Å². The summed E-state index contributed by atoms with van der Waals surface area (Å²) >= 11 is 0. The zero-order chi connectivity index (χ0) is 12.4. The molecule has 0 aliphatic heterocycles. The Morgan fingerprint density at radius 3 is 2.78 bits per heavy atom. The molecule has 1 N–H and O–H groups in total. The Morgan fingerprint density at radius 2 is 1.94 bits per heavy atom. The Kier molecular flexibility index (Phi) is 3.03. The smallest absolute Gasteiger partial charge is 0.120 e. The zero-order valence-electron chi connectivity index (χ0n) is 10.2. The molecule has 2 nitrogen and oxygen atoms in total. The molecule has 0 unspecified atom stereocenters. The number of aryl methyl sites for hydroxylation is 1. The third-order valence-electron chi connectivity index (χ3n) is 3.41. The number of aliphatic hydroxyl groups is 1. The molecule has 0 heterocycles. The van der Waals surface area contributed by atoms with Crippen LogP contribution in [0.3, 0.4) is 0 Å². The van der Waals surface area contributed by atoms with Gasteiger partial charge in [-0.2, -0.15) is 0 Å². The molecule has 0 saturated heterocycles. The number of aliphatic hydroxyl groups excluding tert-OH is 1. The van der Waals surface area contributed by atoms with Crippen LogP contribution in [0.2, 0.25) is 0 Å². The van der Waals surface area contributed by atoms with Crippen molar-refractivity contribution in [1.29, 1.82) is 0 Å². The first-order valence-corrected chi connectivity index (χ1v) is 6.30. The summed E-state index contributed by atoms with van der Waals surface area (Å²) < 4.78 is 5.77. The van der Waals surface area contributed by atoms with E-state index in [2.05, 4.69) is 18.2 Å². The van der Waals surface area contributed by atoms with Crippen LogP contribution in [0.1, 0.15) is 29.2 Å². The summed E-state index contributed by atoms with van der Waals surface area (Å²) in [7, 11) is 0. The van der Waals surface area contributed by atoms with Crippen LogP contribution in [0.4, 0.5) is 0 Å². The molecule has 0 spiro atoms. The van der Waals surface area contributed by atoms with Crippen molar-refractivity contribution in [2.24, 2.45) is 0 Å². The highest BCUT2D eigenvalue weighted by molar-refractivity contribution is 5.39. The first-order valence-electron chi connectivity index (χ1n) is 6.30. The van der Waals surface area contributed by atoms with Gasteiger partial charge in [-0.3, -0.25) is 0 Å². The topological polar surface area (TPSA) is 29.5 Å².